The number of hydrogen-bond donors (Lipinski definition) is 0. The van der Waals surface area contributed by atoms with Gasteiger partial charge in [0, 0.05) is 17.6 Å². The molecule has 0 N–H and O–H groups in total. The summed E-state index contributed by atoms with van der Waals surface area (Å²) in [6.07, 6.45) is 1.56. The normalized spacial score (nSPS) is 11.2. The maximum absolute atomic E-state index is 11.9. The van der Waals surface area contributed by atoms with Gasteiger partial charge in [-0.15, -0.1) is 0 Å². The van der Waals surface area contributed by atoms with Crippen molar-refractivity contribution in [1.82, 2.24) is 4.98 Å². The summed E-state index contributed by atoms with van der Waals surface area (Å²) >= 11 is 3.28. The SMILES string of the molecule is O=S(=O)(Oc1ccc(CBr)cn1)c1ccccc1. The Labute approximate surface area is 114 Å². The van der Waals surface area contributed by atoms with E-state index in [9.17, 15) is 8.42 Å². The van der Waals surface area contributed by atoms with E-state index in [1.165, 1.54) is 18.2 Å². The second-order valence-corrected chi connectivity index (χ2v) is 5.60. The third-order valence-corrected chi connectivity index (χ3v) is 4.07. The van der Waals surface area contributed by atoms with Crippen LogP contribution < -0.4 is 4.18 Å². The Hall–Kier alpha value is -1.40. The van der Waals surface area contributed by atoms with Gasteiger partial charge in [0.15, 0.2) is 0 Å². The summed E-state index contributed by atoms with van der Waals surface area (Å²) < 4.78 is 28.7. The molecule has 0 radical (unpaired) electrons. The highest BCUT2D eigenvalue weighted by Crippen LogP contribution is 2.16. The van der Waals surface area contributed by atoms with Crippen LogP contribution in [-0.4, -0.2) is 13.4 Å². The quantitative estimate of drug-likeness (QED) is 0.640. The van der Waals surface area contributed by atoms with E-state index in [2.05, 4.69) is 20.9 Å². The summed E-state index contributed by atoms with van der Waals surface area (Å²) in [4.78, 5) is 4.04. The van der Waals surface area contributed by atoms with Crippen LogP contribution in [0, 0.1) is 0 Å². The van der Waals surface area contributed by atoms with Crippen molar-refractivity contribution in [2.24, 2.45) is 0 Å². The minimum atomic E-state index is -3.81. The molecule has 1 aromatic heterocycles. The number of aromatic nitrogens is 1. The van der Waals surface area contributed by atoms with E-state index in [-0.39, 0.29) is 10.8 Å². The maximum Gasteiger partial charge on any atom is 0.340 e. The third kappa shape index (κ3) is 3.08. The first-order valence-electron chi connectivity index (χ1n) is 5.12. The Bertz CT molecular complexity index is 612. The highest BCUT2D eigenvalue weighted by atomic mass is 79.9. The van der Waals surface area contributed by atoms with Gasteiger partial charge in [-0.25, -0.2) is 4.98 Å². The number of nitrogens with zero attached hydrogens (tertiary/aromatic N) is 1. The van der Waals surface area contributed by atoms with Gasteiger partial charge < -0.3 is 4.18 Å². The van der Waals surface area contributed by atoms with Crippen LogP contribution in [0.4, 0.5) is 0 Å². The predicted octanol–water partition coefficient (Wildman–Crippen LogP) is 2.74. The van der Waals surface area contributed by atoms with E-state index in [1.807, 2.05) is 0 Å². The molecule has 94 valence electrons. The smallest absolute Gasteiger partial charge is 0.340 e. The molecular formula is C12H10BrNO3S. The molecule has 0 bridgehead atoms. The summed E-state index contributed by atoms with van der Waals surface area (Å²) in [5, 5.41) is 0.658. The zero-order chi connectivity index (χ0) is 13.0. The Morgan fingerprint density at radius 2 is 1.83 bits per heavy atom. The third-order valence-electron chi connectivity index (χ3n) is 2.18. The fourth-order valence-electron chi connectivity index (χ4n) is 1.29. The molecule has 0 fully saturated rings. The molecule has 0 saturated carbocycles. The molecule has 1 heterocycles. The summed E-state index contributed by atoms with van der Waals surface area (Å²) in [5.41, 5.74) is 0.944. The average Bonchev–Trinajstić information content (AvgIpc) is 2.40. The van der Waals surface area contributed by atoms with Crippen LogP contribution >= 0.6 is 15.9 Å². The van der Waals surface area contributed by atoms with Crippen LogP contribution in [-0.2, 0) is 15.4 Å². The van der Waals surface area contributed by atoms with E-state index in [0.29, 0.717) is 5.33 Å². The van der Waals surface area contributed by atoms with Crippen LogP contribution in [0.3, 0.4) is 0 Å². The van der Waals surface area contributed by atoms with E-state index in [0.717, 1.165) is 5.56 Å². The molecule has 0 unspecified atom stereocenters. The molecule has 0 saturated heterocycles. The van der Waals surface area contributed by atoms with Gasteiger partial charge in [-0.2, -0.15) is 8.42 Å². The van der Waals surface area contributed by atoms with Gasteiger partial charge in [0.2, 0.25) is 5.88 Å². The predicted molar refractivity (Wildman–Crippen MR) is 71.1 cm³/mol. The average molecular weight is 328 g/mol. The van der Waals surface area contributed by atoms with Crippen molar-refractivity contribution in [2.45, 2.75) is 10.2 Å². The van der Waals surface area contributed by atoms with Gasteiger partial charge >= 0.3 is 10.1 Å². The van der Waals surface area contributed by atoms with Crippen molar-refractivity contribution in [3.05, 3.63) is 54.2 Å². The van der Waals surface area contributed by atoms with Crippen molar-refractivity contribution < 1.29 is 12.6 Å². The molecule has 0 aliphatic heterocycles. The monoisotopic (exact) mass is 327 g/mol. The lowest BCUT2D eigenvalue weighted by atomic mass is 10.3. The van der Waals surface area contributed by atoms with Gasteiger partial charge in [-0.1, -0.05) is 40.2 Å². The lowest BCUT2D eigenvalue weighted by Crippen LogP contribution is -2.10. The molecule has 2 rings (SSSR count). The largest absolute Gasteiger partial charge is 0.358 e. The lowest BCUT2D eigenvalue weighted by molar-refractivity contribution is 0.476. The summed E-state index contributed by atoms with van der Waals surface area (Å²) in [6, 6.07) is 11.2. The first kappa shape index (κ1) is 13.0. The number of alkyl halides is 1. The number of benzene rings is 1. The zero-order valence-corrected chi connectivity index (χ0v) is 11.7. The molecule has 0 aliphatic rings. The minimum Gasteiger partial charge on any atom is -0.358 e. The van der Waals surface area contributed by atoms with E-state index in [1.54, 1.807) is 30.5 Å². The molecule has 0 spiro atoms. The zero-order valence-electron chi connectivity index (χ0n) is 9.28. The van der Waals surface area contributed by atoms with Crippen molar-refractivity contribution in [1.29, 1.82) is 0 Å². The highest BCUT2D eigenvalue weighted by Gasteiger charge is 2.16. The topological polar surface area (TPSA) is 56.3 Å². The first-order chi connectivity index (χ1) is 8.62. The highest BCUT2D eigenvalue weighted by molar-refractivity contribution is 9.08. The Kier molecular flexibility index (Phi) is 3.98. The number of rotatable bonds is 4. The second kappa shape index (κ2) is 5.49. The van der Waals surface area contributed by atoms with Gasteiger partial charge in [-0.3, -0.25) is 0 Å². The molecule has 4 nitrogen and oxygen atoms in total. The summed E-state index contributed by atoms with van der Waals surface area (Å²) in [7, 11) is -3.81. The molecule has 6 heteroatoms. The first-order valence-corrected chi connectivity index (χ1v) is 7.65. The van der Waals surface area contributed by atoms with Crippen LogP contribution in [0.2, 0.25) is 0 Å². The molecule has 1 aromatic carbocycles. The molecule has 0 amide bonds. The Balaban J connectivity index is 2.22. The molecule has 18 heavy (non-hydrogen) atoms. The molecule has 2 aromatic rings. The van der Waals surface area contributed by atoms with Gasteiger partial charge in [0.05, 0.1) is 0 Å². The van der Waals surface area contributed by atoms with Crippen molar-refractivity contribution in [3.8, 4) is 5.88 Å². The van der Waals surface area contributed by atoms with Gasteiger partial charge in [-0.05, 0) is 17.7 Å². The van der Waals surface area contributed by atoms with E-state index < -0.39 is 10.1 Å². The number of hydrogen-bond acceptors (Lipinski definition) is 4. The molecule has 0 aliphatic carbocycles. The van der Waals surface area contributed by atoms with Crippen molar-refractivity contribution in [2.75, 3.05) is 0 Å². The lowest BCUT2D eigenvalue weighted by Gasteiger charge is -2.06. The van der Waals surface area contributed by atoms with Crippen molar-refractivity contribution in [3.63, 3.8) is 0 Å². The molecule has 0 atom stereocenters. The van der Waals surface area contributed by atoms with Crippen molar-refractivity contribution >= 4 is 26.0 Å². The van der Waals surface area contributed by atoms with Crippen LogP contribution in [0.15, 0.2) is 53.6 Å². The standard InChI is InChI=1S/C12H10BrNO3S/c13-8-10-6-7-12(14-9-10)17-18(15,16)11-4-2-1-3-5-11/h1-7,9H,8H2. The second-order valence-electron chi connectivity index (χ2n) is 3.49. The van der Waals surface area contributed by atoms with Crippen LogP contribution in [0.5, 0.6) is 5.88 Å². The van der Waals surface area contributed by atoms with Crippen LogP contribution in [0.25, 0.3) is 0 Å². The maximum atomic E-state index is 11.9. The number of halogens is 1. The fraction of sp³-hybridized carbons (Fsp3) is 0.0833. The van der Waals surface area contributed by atoms with E-state index in [4.69, 9.17) is 4.18 Å². The van der Waals surface area contributed by atoms with E-state index >= 15 is 0 Å². The summed E-state index contributed by atoms with van der Waals surface area (Å²) in [5.74, 6) is 0.0588. The van der Waals surface area contributed by atoms with Gasteiger partial charge in [0.25, 0.3) is 0 Å². The fourth-order valence-corrected chi connectivity index (χ4v) is 2.53. The Morgan fingerprint density at radius 3 is 2.39 bits per heavy atom. The number of pyridine rings is 1. The molecular weight excluding hydrogens is 318 g/mol. The Morgan fingerprint density at radius 1 is 1.11 bits per heavy atom. The minimum absolute atomic E-state index is 0.0588. The van der Waals surface area contributed by atoms with Crippen LogP contribution in [0.1, 0.15) is 5.56 Å². The van der Waals surface area contributed by atoms with Gasteiger partial charge in [0.1, 0.15) is 4.90 Å². The summed E-state index contributed by atoms with van der Waals surface area (Å²) in [6.45, 7) is 0.